The number of carbonyl (C=O) groups excluding carboxylic acids is 1. The number of halogens is 3. The molecule has 2 atom stereocenters. The van der Waals surface area contributed by atoms with Gasteiger partial charge in [0.15, 0.2) is 0 Å². The number of anilines is 1. The normalized spacial score (nSPS) is 19.3. The van der Waals surface area contributed by atoms with Crippen molar-refractivity contribution < 1.29 is 4.79 Å². The largest absolute Gasteiger partial charge is 0.366 e. The second-order valence-corrected chi connectivity index (χ2v) is 10.4. The summed E-state index contributed by atoms with van der Waals surface area (Å²) in [7, 11) is 0. The summed E-state index contributed by atoms with van der Waals surface area (Å²) in [5.41, 5.74) is 4.84. The van der Waals surface area contributed by atoms with Crippen LogP contribution in [0.15, 0.2) is 42.6 Å². The van der Waals surface area contributed by atoms with Crippen LogP contribution in [0.1, 0.15) is 23.3 Å². The fourth-order valence-corrected chi connectivity index (χ4v) is 5.83. The van der Waals surface area contributed by atoms with E-state index in [1.165, 1.54) is 0 Å². The lowest BCUT2D eigenvalue weighted by Gasteiger charge is -2.33. The van der Waals surface area contributed by atoms with Crippen molar-refractivity contribution in [2.75, 3.05) is 5.32 Å². The molecule has 128 valence electrons. The second-order valence-electron chi connectivity index (χ2n) is 5.53. The SMILES string of the molecule is O=CC1NC(c2ccsc2Br)Nc2cc(-c3ccsc3Br)c(Cl)cc21. The van der Waals surface area contributed by atoms with Gasteiger partial charge in [0.25, 0.3) is 0 Å². The third kappa shape index (κ3) is 3.22. The van der Waals surface area contributed by atoms with Crippen LogP contribution >= 0.6 is 66.1 Å². The third-order valence-electron chi connectivity index (χ3n) is 4.12. The molecule has 0 saturated carbocycles. The highest BCUT2D eigenvalue weighted by Crippen LogP contribution is 2.43. The number of rotatable bonds is 3. The minimum Gasteiger partial charge on any atom is -0.366 e. The van der Waals surface area contributed by atoms with Gasteiger partial charge in [0.05, 0.1) is 13.6 Å². The number of benzene rings is 1. The Balaban J connectivity index is 1.81. The lowest BCUT2D eigenvalue weighted by molar-refractivity contribution is -0.109. The van der Waals surface area contributed by atoms with Gasteiger partial charge < -0.3 is 10.1 Å². The van der Waals surface area contributed by atoms with Crippen LogP contribution in [-0.4, -0.2) is 6.29 Å². The molecular weight excluding hydrogens is 508 g/mol. The topological polar surface area (TPSA) is 41.1 Å². The van der Waals surface area contributed by atoms with E-state index in [4.69, 9.17) is 11.6 Å². The molecule has 0 bridgehead atoms. The molecule has 0 fully saturated rings. The van der Waals surface area contributed by atoms with Gasteiger partial charge in [-0.3, -0.25) is 5.32 Å². The molecule has 1 aromatic carbocycles. The first-order valence-corrected chi connectivity index (χ1v) is 11.1. The molecule has 3 aromatic rings. The van der Waals surface area contributed by atoms with Crippen LogP contribution in [0.2, 0.25) is 5.02 Å². The van der Waals surface area contributed by atoms with Gasteiger partial charge in [0, 0.05) is 33.0 Å². The fraction of sp³-hybridized carbons (Fsp3) is 0.118. The molecule has 25 heavy (non-hydrogen) atoms. The number of hydrogen-bond donors (Lipinski definition) is 2. The molecule has 2 aromatic heterocycles. The van der Waals surface area contributed by atoms with Crippen LogP contribution in [0.5, 0.6) is 0 Å². The lowest BCUT2D eigenvalue weighted by atomic mass is 9.97. The number of fused-ring (bicyclic) bond motifs is 1. The zero-order chi connectivity index (χ0) is 17.6. The fourth-order valence-electron chi connectivity index (χ4n) is 2.92. The number of carbonyl (C=O) groups is 1. The summed E-state index contributed by atoms with van der Waals surface area (Å²) in [6.07, 6.45) is 0.770. The van der Waals surface area contributed by atoms with E-state index in [2.05, 4.69) is 42.5 Å². The number of aldehydes is 1. The predicted octanol–water partition coefficient (Wildman–Crippen LogP) is 6.61. The molecule has 0 spiro atoms. The van der Waals surface area contributed by atoms with Crippen molar-refractivity contribution in [3.8, 4) is 11.1 Å². The highest BCUT2D eigenvalue weighted by Gasteiger charge is 2.29. The van der Waals surface area contributed by atoms with Crippen molar-refractivity contribution in [2.45, 2.75) is 12.2 Å². The van der Waals surface area contributed by atoms with Crippen LogP contribution < -0.4 is 10.6 Å². The Morgan fingerprint density at radius 2 is 1.80 bits per heavy atom. The maximum atomic E-state index is 11.7. The predicted molar refractivity (Wildman–Crippen MR) is 113 cm³/mol. The molecule has 2 N–H and O–H groups in total. The van der Waals surface area contributed by atoms with E-state index in [-0.39, 0.29) is 6.17 Å². The van der Waals surface area contributed by atoms with Crippen LogP contribution in [0.3, 0.4) is 0 Å². The summed E-state index contributed by atoms with van der Waals surface area (Å²) in [6, 6.07) is 7.56. The first-order valence-electron chi connectivity index (χ1n) is 7.36. The van der Waals surface area contributed by atoms with Crippen molar-refractivity contribution in [1.82, 2.24) is 5.32 Å². The summed E-state index contributed by atoms with van der Waals surface area (Å²) < 4.78 is 2.08. The minimum atomic E-state index is -0.412. The van der Waals surface area contributed by atoms with E-state index in [9.17, 15) is 4.79 Å². The highest BCUT2D eigenvalue weighted by molar-refractivity contribution is 9.11. The Morgan fingerprint density at radius 1 is 1.04 bits per heavy atom. The quantitative estimate of drug-likeness (QED) is 0.384. The first kappa shape index (κ1) is 17.7. The van der Waals surface area contributed by atoms with Crippen LogP contribution in [0, 0.1) is 0 Å². The summed E-state index contributed by atoms with van der Waals surface area (Å²) in [5.74, 6) is 0. The van der Waals surface area contributed by atoms with Crippen molar-refractivity contribution in [1.29, 1.82) is 0 Å². The van der Waals surface area contributed by atoms with E-state index in [0.29, 0.717) is 5.02 Å². The molecule has 3 heterocycles. The number of hydrogen-bond acceptors (Lipinski definition) is 5. The van der Waals surface area contributed by atoms with Gasteiger partial charge in [-0.05, 0) is 66.9 Å². The molecule has 8 heteroatoms. The Hall–Kier alpha value is -0.700. The van der Waals surface area contributed by atoms with Crippen LogP contribution in [0.4, 0.5) is 5.69 Å². The maximum absolute atomic E-state index is 11.7. The Bertz CT molecular complexity index is 956. The van der Waals surface area contributed by atoms with Gasteiger partial charge in [-0.25, -0.2) is 0 Å². The zero-order valence-electron chi connectivity index (χ0n) is 12.6. The summed E-state index contributed by atoms with van der Waals surface area (Å²) in [4.78, 5) is 11.7. The highest BCUT2D eigenvalue weighted by atomic mass is 79.9. The van der Waals surface area contributed by atoms with Crippen LogP contribution in [-0.2, 0) is 4.79 Å². The third-order valence-corrected chi connectivity index (χ3v) is 7.85. The van der Waals surface area contributed by atoms with Gasteiger partial charge in [-0.2, -0.15) is 0 Å². The first-order chi connectivity index (χ1) is 12.1. The van der Waals surface area contributed by atoms with Gasteiger partial charge in [0.1, 0.15) is 12.5 Å². The van der Waals surface area contributed by atoms with E-state index >= 15 is 0 Å². The van der Waals surface area contributed by atoms with Gasteiger partial charge >= 0.3 is 0 Å². The van der Waals surface area contributed by atoms with Gasteiger partial charge in [0.2, 0.25) is 0 Å². The van der Waals surface area contributed by atoms with Crippen LogP contribution in [0.25, 0.3) is 11.1 Å². The molecule has 1 aliphatic rings. The average Bonchev–Trinajstić information content (AvgIpc) is 3.21. The Labute approximate surface area is 174 Å². The molecule has 3 nitrogen and oxygen atoms in total. The van der Waals surface area contributed by atoms with Gasteiger partial charge in [-0.15, -0.1) is 22.7 Å². The molecule has 0 radical (unpaired) electrons. The molecule has 2 unspecified atom stereocenters. The Morgan fingerprint density at radius 3 is 2.44 bits per heavy atom. The molecule has 1 aliphatic heterocycles. The standard InChI is InChI=1S/C17H11Br2ClN2OS2/c18-15-8(1-3-24-15)10-6-13-11(5-12(10)20)14(7-23)22-17(21-13)9-2-4-25-16(9)19/h1-7,14,17,21-22H. The monoisotopic (exact) mass is 516 g/mol. The molecule has 0 aliphatic carbocycles. The second kappa shape index (κ2) is 7.13. The van der Waals surface area contributed by atoms with E-state index in [1.54, 1.807) is 22.7 Å². The molecule has 0 saturated heterocycles. The molecule has 4 rings (SSSR count). The van der Waals surface area contributed by atoms with E-state index in [0.717, 1.165) is 41.8 Å². The summed E-state index contributed by atoms with van der Waals surface area (Å²) >= 11 is 16.9. The Kier molecular flexibility index (Phi) is 5.05. The summed E-state index contributed by atoms with van der Waals surface area (Å²) in [5, 5.41) is 11.5. The molecular formula is C17H11Br2ClN2OS2. The minimum absolute atomic E-state index is 0.150. The van der Waals surface area contributed by atoms with Crippen molar-refractivity contribution in [3.05, 3.63) is 58.7 Å². The van der Waals surface area contributed by atoms with E-state index < -0.39 is 6.04 Å². The maximum Gasteiger partial charge on any atom is 0.141 e. The van der Waals surface area contributed by atoms with Gasteiger partial charge in [-0.1, -0.05) is 11.6 Å². The van der Waals surface area contributed by atoms with Crippen molar-refractivity contribution >= 4 is 78.1 Å². The van der Waals surface area contributed by atoms with Crippen molar-refractivity contribution in [2.24, 2.45) is 0 Å². The lowest BCUT2D eigenvalue weighted by Crippen LogP contribution is -2.37. The smallest absolute Gasteiger partial charge is 0.141 e. The molecule has 0 amide bonds. The van der Waals surface area contributed by atoms with E-state index in [1.807, 2.05) is 35.0 Å². The average molecular weight is 519 g/mol. The summed E-state index contributed by atoms with van der Waals surface area (Å²) in [6.45, 7) is 0. The number of nitrogens with one attached hydrogen (secondary N) is 2. The number of thiophene rings is 2. The zero-order valence-corrected chi connectivity index (χ0v) is 18.1. The van der Waals surface area contributed by atoms with Crippen molar-refractivity contribution in [3.63, 3.8) is 0 Å².